The number of anilines is 1. The van der Waals surface area contributed by atoms with Gasteiger partial charge in [0.1, 0.15) is 5.82 Å². The highest BCUT2D eigenvalue weighted by atomic mass is 32.1. The first-order valence-corrected chi connectivity index (χ1v) is 12.3. The molecule has 3 heterocycles. The maximum Gasteiger partial charge on any atom is 0.269 e. The number of carbonyl (C=O) groups is 1. The molecule has 0 bridgehead atoms. The summed E-state index contributed by atoms with van der Waals surface area (Å²) in [4.78, 5) is 29.8. The van der Waals surface area contributed by atoms with Crippen LogP contribution < -0.4 is 10.6 Å². The van der Waals surface area contributed by atoms with Crippen molar-refractivity contribution in [2.24, 2.45) is 0 Å². The van der Waals surface area contributed by atoms with E-state index in [0.717, 1.165) is 17.1 Å². The molecule has 9 nitrogen and oxygen atoms in total. The summed E-state index contributed by atoms with van der Waals surface area (Å²) in [5.41, 5.74) is 2.49. The lowest BCUT2D eigenvalue weighted by Crippen LogP contribution is -2.33. The number of hydrogen-bond donors (Lipinski definition) is 2. The second-order valence-electron chi connectivity index (χ2n) is 8.67. The number of thiocarbonyl (C=S) groups is 1. The third-order valence-electron chi connectivity index (χ3n) is 6.35. The van der Waals surface area contributed by atoms with Crippen LogP contribution in [0, 0.1) is 15.9 Å². The van der Waals surface area contributed by atoms with Gasteiger partial charge in [0.25, 0.3) is 5.69 Å². The molecule has 0 radical (unpaired) electrons. The topological polar surface area (TPSA) is 105 Å². The molecule has 0 saturated carbocycles. The Morgan fingerprint density at radius 2 is 1.84 bits per heavy atom. The highest BCUT2D eigenvalue weighted by molar-refractivity contribution is 7.80. The van der Waals surface area contributed by atoms with Crippen molar-refractivity contribution in [2.75, 3.05) is 11.9 Å². The van der Waals surface area contributed by atoms with Gasteiger partial charge in [-0.1, -0.05) is 18.2 Å². The Morgan fingerprint density at radius 3 is 2.55 bits per heavy atom. The predicted molar refractivity (Wildman–Crippen MR) is 144 cm³/mol. The van der Waals surface area contributed by atoms with E-state index in [1.807, 2.05) is 46.0 Å². The van der Waals surface area contributed by atoms with E-state index < -0.39 is 10.7 Å². The van der Waals surface area contributed by atoms with Crippen LogP contribution in [0.15, 0.2) is 91.3 Å². The predicted octanol–water partition coefficient (Wildman–Crippen LogP) is 4.92. The summed E-state index contributed by atoms with van der Waals surface area (Å²) in [7, 11) is 0. The van der Waals surface area contributed by atoms with Crippen LogP contribution in [0.2, 0.25) is 0 Å². The van der Waals surface area contributed by atoms with Gasteiger partial charge >= 0.3 is 0 Å². The first-order valence-electron chi connectivity index (χ1n) is 11.9. The van der Waals surface area contributed by atoms with E-state index in [2.05, 4.69) is 15.6 Å². The second-order valence-corrected chi connectivity index (χ2v) is 9.06. The van der Waals surface area contributed by atoms with Crippen LogP contribution in [0.3, 0.4) is 0 Å². The number of pyridine rings is 1. The van der Waals surface area contributed by atoms with Crippen LogP contribution in [0.5, 0.6) is 0 Å². The fourth-order valence-electron chi connectivity index (χ4n) is 4.57. The molecule has 1 fully saturated rings. The molecule has 5 rings (SSSR count). The molecule has 1 amide bonds. The Hall–Kier alpha value is -4.64. The molecule has 11 heteroatoms. The van der Waals surface area contributed by atoms with Gasteiger partial charge in [0.2, 0.25) is 5.91 Å². The minimum atomic E-state index is -0.506. The zero-order valence-electron chi connectivity index (χ0n) is 20.0. The first-order chi connectivity index (χ1) is 18.4. The molecule has 1 aliphatic rings. The zero-order valence-corrected chi connectivity index (χ0v) is 20.8. The monoisotopic (exact) mass is 530 g/mol. The molecule has 2 N–H and O–H groups in total. The smallest absolute Gasteiger partial charge is 0.269 e. The van der Waals surface area contributed by atoms with E-state index in [4.69, 9.17) is 12.2 Å². The minimum absolute atomic E-state index is 0.0000192. The van der Waals surface area contributed by atoms with E-state index in [1.54, 1.807) is 30.5 Å². The number of para-hydroxylation sites is 1. The third-order valence-corrected chi connectivity index (χ3v) is 6.70. The number of nitro benzene ring substituents is 1. The number of benzene rings is 2. The number of hydrogen-bond acceptors (Lipinski definition) is 5. The van der Waals surface area contributed by atoms with Gasteiger partial charge in [-0.2, -0.15) is 0 Å². The molecule has 4 aromatic rings. The van der Waals surface area contributed by atoms with Gasteiger partial charge in [-0.25, -0.2) is 4.39 Å². The summed E-state index contributed by atoms with van der Waals surface area (Å²) in [5, 5.41) is 17.5. The van der Waals surface area contributed by atoms with Gasteiger partial charge in [-0.15, -0.1) is 0 Å². The van der Waals surface area contributed by atoms with Gasteiger partial charge in [-0.05, 0) is 60.7 Å². The Kier molecular flexibility index (Phi) is 7.09. The number of nitrogens with one attached hydrogen (secondary N) is 2. The maximum atomic E-state index is 14.0. The van der Waals surface area contributed by atoms with E-state index in [9.17, 15) is 19.3 Å². The van der Waals surface area contributed by atoms with Crippen LogP contribution in [0.1, 0.15) is 29.9 Å². The highest BCUT2D eigenvalue weighted by Gasteiger charge is 2.41. The number of halogens is 1. The maximum absolute atomic E-state index is 14.0. The first kappa shape index (κ1) is 25.0. The van der Waals surface area contributed by atoms with E-state index in [0.29, 0.717) is 5.11 Å². The van der Waals surface area contributed by atoms with Crippen molar-refractivity contribution in [2.45, 2.75) is 18.5 Å². The SMILES string of the molecule is O=C(CCN1C(=S)N[C@H](c2ccccn2)[C@H]1c1cccn1-c1ccc([N+](=O)[O-])cc1)Nc1ccccc1F. The van der Waals surface area contributed by atoms with Crippen LogP contribution in [-0.2, 0) is 4.79 Å². The molecule has 192 valence electrons. The summed E-state index contributed by atoms with van der Waals surface area (Å²) in [6.07, 6.45) is 3.65. The number of nitrogens with zero attached hydrogens (tertiary/aromatic N) is 4. The fraction of sp³-hybridized carbons (Fsp3) is 0.148. The molecule has 2 atom stereocenters. The Bertz CT molecular complexity index is 1480. The van der Waals surface area contributed by atoms with Crippen LogP contribution >= 0.6 is 12.2 Å². The van der Waals surface area contributed by atoms with Gasteiger partial charge in [0.05, 0.1) is 28.4 Å². The van der Waals surface area contributed by atoms with Gasteiger partial charge in [-0.3, -0.25) is 19.9 Å². The highest BCUT2D eigenvalue weighted by Crippen LogP contribution is 2.39. The summed E-state index contributed by atoms with van der Waals surface area (Å²) in [6.45, 7) is 0.269. The standard InChI is InChI=1S/C27H23FN6O3S/c28-20-6-1-2-7-21(20)30-24(35)14-17-33-26(25(31-27(33)38)22-8-3-4-15-29-22)23-9-5-16-32(23)18-10-12-19(13-11-18)34(36)37/h1-13,15-16,25-26H,14,17H2,(H,30,35)(H,31,38)/t25-,26-/m1/s1. The normalized spacial score (nSPS) is 16.8. The van der Waals surface area contributed by atoms with Crippen molar-refractivity contribution in [3.8, 4) is 5.69 Å². The lowest BCUT2D eigenvalue weighted by Gasteiger charge is -2.28. The van der Waals surface area contributed by atoms with E-state index >= 15 is 0 Å². The lowest BCUT2D eigenvalue weighted by atomic mass is 10.0. The van der Waals surface area contributed by atoms with Crippen molar-refractivity contribution in [3.63, 3.8) is 0 Å². The molecule has 1 saturated heterocycles. The molecule has 0 spiro atoms. The molecule has 0 unspecified atom stereocenters. The summed E-state index contributed by atoms with van der Waals surface area (Å²) in [5.74, 6) is -0.850. The number of aromatic nitrogens is 2. The second kappa shape index (κ2) is 10.8. The van der Waals surface area contributed by atoms with Crippen molar-refractivity contribution in [1.29, 1.82) is 0 Å². The largest absolute Gasteiger partial charge is 0.352 e. The molecular formula is C27H23FN6O3S. The molecule has 2 aromatic heterocycles. The van der Waals surface area contributed by atoms with Crippen LogP contribution in [0.25, 0.3) is 5.69 Å². The minimum Gasteiger partial charge on any atom is -0.352 e. The van der Waals surface area contributed by atoms with Crippen molar-refractivity contribution < 1.29 is 14.1 Å². The summed E-state index contributed by atoms with van der Waals surface area (Å²) >= 11 is 5.69. The van der Waals surface area contributed by atoms with Crippen molar-refractivity contribution in [1.82, 2.24) is 19.8 Å². The number of rotatable bonds is 8. The van der Waals surface area contributed by atoms with Crippen LogP contribution in [-0.4, -0.2) is 36.9 Å². The van der Waals surface area contributed by atoms with Crippen molar-refractivity contribution >= 4 is 34.6 Å². The van der Waals surface area contributed by atoms with Gasteiger partial charge in [0.15, 0.2) is 5.11 Å². The molecule has 2 aromatic carbocycles. The Morgan fingerprint density at radius 1 is 1.08 bits per heavy atom. The molecular weight excluding hydrogens is 507 g/mol. The quantitative estimate of drug-likeness (QED) is 0.189. The fourth-order valence-corrected chi connectivity index (χ4v) is 4.90. The molecule has 38 heavy (non-hydrogen) atoms. The van der Waals surface area contributed by atoms with Gasteiger partial charge < -0.3 is 20.1 Å². The molecule has 1 aliphatic heterocycles. The lowest BCUT2D eigenvalue weighted by molar-refractivity contribution is -0.384. The summed E-state index contributed by atoms with van der Waals surface area (Å²) in [6, 6.07) is 21.1. The Balaban J connectivity index is 1.45. The molecule has 0 aliphatic carbocycles. The zero-order chi connectivity index (χ0) is 26.6. The number of amides is 1. The van der Waals surface area contributed by atoms with Gasteiger partial charge in [0, 0.05) is 48.9 Å². The number of non-ortho nitro benzene ring substituents is 1. The van der Waals surface area contributed by atoms with Crippen LogP contribution in [0.4, 0.5) is 15.8 Å². The average molecular weight is 531 g/mol. The summed E-state index contributed by atoms with van der Waals surface area (Å²) < 4.78 is 15.9. The number of nitro groups is 1. The third kappa shape index (κ3) is 5.09. The average Bonchev–Trinajstić information content (AvgIpc) is 3.53. The van der Waals surface area contributed by atoms with E-state index in [-0.39, 0.29) is 42.3 Å². The number of carbonyl (C=O) groups excluding carboxylic acids is 1. The Labute approximate surface area is 223 Å². The van der Waals surface area contributed by atoms with Crippen molar-refractivity contribution in [3.05, 3.63) is 119 Å². The van der Waals surface area contributed by atoms with E-state index in [1.165, 1.54) is 24.3 Å².